The second kappa shape index (κ2) is 5.61. The van der Waals surface area contributed by atoms with Gasteiger partial charge in [-0.3, -0.25) is 4.90 Å². The van der Waals surface area contributed by atoms with Gasteiger partial charge in [0.05, 0.1) is 0 Å². The van der Waals surface area contributed by atoms with Crippen molar-refractivity contribution >= 4 is 0 Å². The molecule has 1 saturated heterocycles. The third-order valence-corrected chi connectivity index (χ3v) is 2.89. The fourth-order valence-electron chi connectivity index (χ4n) is 2.01. The number of hydrogen-bond donors (Lipinski definition) is 1. The molecule has 78 valence electrons. The van der Waals surface area contributed by atoms with Gasteiger partial charge in [0.15, 0.2) is 0 Å². The van der Waals surface area contributed by atoms with Crippen LogP contribution in [0.25, 0.3) is 0 Å². The first-order valence-electron chi connectivity index (χ1n) is 5.71. The minimum absolute atomic E-state index is 0.622. The van der Waals surface area contributed by atoms with Crippen LogP contribution in [0.3, 0.4) is 0 Å². The molecular weight excluding hydrogens is 160 g/mol. The summed E-state index contributed by atoms with van der Waals surface area (Å²) in [6, 6.07) is 1.39. The molecule has 0 aliphatic carbocycles. The van der Waals surface area contributed by atoms with Crippen LogP contribution in [0.5, 0.6) is 0 Å². The molecule has 1 aliphatic rings. The summed E-state index contributed by atoms with van der Waals surface area (Å²) < 4.78 is 0. The Morgan fingerprint density at radius 1 is 1.23 bits per heavy atom. The van der Waals surface area contributed by atoms with E-state index >= 15 is 0 Å². The maximum Gasteiger partial charge on any atom is 0.0218 e. The number of hydrogen-bond acceptors (Lipinski definition) is 2. The maximum absolute atomic E-state index is 3.53. The molecule has 1 fully saturated rings. The molecule has 0 saturated carbocycles. The molecule has 1 atom stereocenters. The van der Waals surface area contributed by atoms with Gasteiger partial charge in [-0.15, -0.1) is 0 Å². The highest BCUT2D eigenvalue weighted by Gasteiger charge is 2.19. The highest BCUT2D eigenvalue weighted by molar-refractivity contribution is 4.77. The summed E-state index contributed by atoms with van der Waals surface area (Å²) in [5.41, 5.74) is 0. The van der Waals surface area contributed by atoms with Gasteiger partial charge < -0.3 is 5.32 Å². The molecule has 13 heavy (non-hydrogen) atoms. The predicted octanol–water partition coefficient (Wildman–Crippen LogP) is 1.86. The smallest absolute Gasteiger partial charge is 0.0218 e. The highest BCUT2D eigenvalue weighted by Crippen LogP contribution is 2.13. The van der Waals surface area contributed by atoms with E-state index in [4.69, 9.17) is 0 Å². The zero-order valence-corrected chi connectivity index (χ0v) is 9.34. The van der Waals surface area contributed by atoms with Crippen molar-refractivity contribution in [2.75, 3.05) is 19.6 Å². The minimum Gasteiger partial charge on any atom is -0.313 e. The fourth-order valence-corrected chi connectivity index (χ4v) is 2.01. The van der Waals surface area contributed by atoms with Crippen LogP contribution in [-0.4, -0.2) is 36.6 Å². The third-order valence-electron chi connectivity index (χ3n) is 2.89. The van der Waals surface area contributed by atoms with Crippen molar-refractivity contribution in [2.45, 2.75) is 52.1 Å². The zero-order chi connectivity index (χ0) is 9.68. The second-order valence-electron chi connectivity index (χ2n) is 4.37. The molecule has 0 bridgehead atoms. The molecule has 0 amide bonds. The minimum atomic E-state index is 0.622. The lowest BCUT2D eigenvalue weighted by Gasteiger charge is -2.27. The first-order chi connectivity index (χ1) is 6.24. The van der Waals surface area contributed by atoms with Crippen molar-refractivity contribution in [2.24, 2.45) is 0 Å². The zero-order valence-electron chi connectivity index (χ0n) is 9.34. The van der Waals surface area contributed by atoms with Crippen LogP contribution in [-0.2, 0) is 0 Å². The summed E-state index contributed by atoms with van der Waals surface area (Å²) in [5.74, 6) is 0. The second-order valence-corrected chi connectivity index (χ2v) is 4.37. The Morgan fingerprint density at radius 3 is 2.31 bits per heavy atom. The van der Waals surface area contributed by atoms with E-state index in [2.05, 4.69) is 31.0 Å². The number of nitrogens with zero attached hydrogens (tertiary/aromatic N) is 1. The van der Waals surface area contributed by atoms with Crippen LogP contribution in [0.1, 0.15) is 40.0 Å². The molecule has 1 N–H and O–H groups in total. The molecule has 1 heterocycles. The number of nitrogens with one attached hydrogen (secondary N) is 1. The first-order valence-corrected chi connectivity index (χ1v) is 5.71. The van der Waals surface area contributed by atoms with Gasteiger partial charge in [0.2, 0.25) is 0 Å². The summed E-state index contributed by atoms with van der Waals surface area (Å²) in [6.07, 6.45) is 4.08. The molecule has 2 nitrogen and oxygen atoms in total. The topological polar surface area (TPSA) is 15.3 Å². The summed E-state index contributed by atoms with van der Waals surface area (Å²) >= 11 is 0. The van der Waals surface area contributed by atoms with Crippen LogP contribution in [0.4, 0.5) is 0 Å². The Hall–Kier alpha value is -0.0800. The lowest BCUT2D eigenvalue weighted by molar-refractivity contribution is 0.226. The average Bonchev–Trinajstić information content (AvgIpc) is 2.58. The van der Waals surface area contributed by atoms with Crippen LogP contribution in [0.2, 0.25) is 0 Å². The summed E-state index contributed by atoms with van der Waals surface area (Å²) in [7, 11) is 0. The molecule has 0 spiro atoms. The highest BCUT2D eigenvalue weighted by atomic mass is 15.2. The van der Waals surface area contributed by atoms with E-state index in [9.17, 15) is 0 Å². The van der Waals surface area contributed by atoms with Crippen molar-refractivity contribution in [1.29, 1.82) is 0 Å². The van der Waals surface area contributed by atoms with Crippen LogP contribution in [0, 0.1) is 0 Å². The molecule has 1 aliphatic heterocycles. The third kappa shape index (κ3) is 3.65. The molecule has 2 heteroatoms. The van der Waals surface area contributed by atoms with Gasteiger partial charge in [0.1, 0.15) is 0 Å². The fraction of sp³-hybridized carbons (Fsp3) is 1.00. The molecule has 0 aromatic rings. The van der Waals surface area contributed by atoms with E-state index < -0.39 is 0 Å². The Labute approximate surface area is 82.7 Å². The van der Waals surface area contributed by atoms with E-state index in [0.717, 1.165) is 12.6 Å². The Kier molecular flexibility index (Phi) is 4.74. The number of rotatable bonds is 5. The normalized spacial score (nSPS) is 21.2. The maximum atomic E-state index is 3.53. The predicted molar refractivity (Wildman–Crippen MR) is 58.0 cm³/mol. The quantitative estimate of drug-likeness (QED) is 0.701. The summed E-state index contributed by atoms with van der Waals surface area (Å²) in [5, 5.41) is 3.53. The van der Waals surface area contributed by atoms with Gasteiger partial charge in [-0.2, -0.15) is 0 Å². The molecule has 1 unspecified atom stereocenters. The molecular formula is C11H24N2. The number of likely N-dealkylation sites (tertiary alicyclic amines) is 1. The van der Waals surface area contributed by atoms with E-state index in [0.29, 0.717) is 6.04 Å². The molecule has 1 rings (SSSR count). The van der Waals surface area contributed by atoms with Crippen molar-refractivity contribution in [3.63, 3.8) is 0 Å². The van der Waals surface area contributed by atoms with Gasteiger partial charge in [-0.1, -0.05) is 20.8 Å². The molecule has 0 radical (unpaired) electrons. The van der Waals surface area contributed by atoms with Crippen LogP contribution in [0.15, 0.2) is 0 Å². The first kappa shape index (κ1) is 11.0. The van der Waals surface area contributed by atoms with Gasteiger partial charge in [-0.25, -0.2) is 0 Å². The standard InChI is InChI=1S/C11H24N2/c1-4-11(9-12-10(2)3)13-7-5-6-8-13/h10-12H,4-9H2,1-3H3. The largest absolute Gasteiger partial charge is 0.313 e. The van der Waals surface area contributed by atoms with Crippen molar-refractivity contribution in [3.8, 4) is 0 Å². The SMILES string of the molecule is CCC(CNC(C)C)N1CCCC1. The average molecular weight is 184 g/mol. The Morgan fingerprint density at radius 2 is 1.85 bits per heavy atom. The summed E-state index contributed by atoms with van der Waals surface area (Å²) in [6.45, 7) is 10.5. The summed E-state index contributed by atoms with van der Waals surface area (Å²) in [4.78, 5) is 2.63. The van der Waals surface area contributed by atoms with Gasteiger partial charge >= 0.3 is 0 Å². The Bertz CT molecular complexity index is 128. The van der Waals surface area contributed by atoms with E-state index in [1.807, 2.05) is 0 Å². The van der Waals surface area contributed by atoms with Crippen molar-refractivity contribution in [3.05, 3.63) is 0 Å². The van der Waals surface area contributed by atoms with Crippen molar-refractivity contribution in [1.82, 2.24) is 10.2 Å². The van der Waals surface area contributed by atoms with Crippen molar-refractivity contribution < 1.29 is 0 Å². The van der Waals surface area contributed by atoms with E-state index in [1.54, 1.807) is 0 Å². The van der Waals surface area contributed by atoms with E-state index in [1.165, 1.54) is 32.4 Å². The monoisotopic (exact) mass is 184 g/mol. The lowest BCUT2D eigenvalue weighted by Crippen LogP contribution is -2.42. The van der Waals surface area contributed by atoms with E-state index in [-0.39, 0.29) is 0 Å². The van der Waals surface area contributed by atoms with Gasteiger partial charge in [-0.05, 0) is 32.4 Å². The Balaban J connectivity index is 2.24. The van der Waals surface area contributed by atoms with Gasteiger partial charge in [0.25, 0.3) is 0 Å². The van der Waals surface area contributed by atoms with Gasteiger partial charge in [0, 0.05) is 18.6 Å². The van der Waals surface area contributed by atoms with Crippen LogP contribution >= 0.6 is 0 Å². The molecule has 0 aromatic heterocycles. The lowest BCUT2D eigenvalue weighted by atomic mass is 10.2. The van der Waals surface area contributed by atoms with Crippen LogP contribution < -0.4 is 5.32 Å². The molecule has 0 aromatic carbocycles.